The highest BCUT2D eigenvalue weighted by molar-refractivity contribution is 6.02. The minimum Gasteiger partial charge on any atom is -0.491 e. The molecule has 0 amide bonds. The van der Waals surface area contributed by atoms with Crippen LogP contribution in [0, 0.1) is 13.8 Å². The number of hydrogen-bond acceptors (Lipinski definition) is 5. The van der Waals surface area contributed by atoms with E-state index < -0.39 is 18.7 Å². The van der Waals surface area contributed by atoms with Gasteiger partial charge in [-0.2, -0.15) is 8.78 Å². The molecule has 1 atom stereocenters. The highest BCUT2D eigenvalue weighted by Gasteiger charge is 2.25. The first-order valence-corrected chi connectivity index (χ1v) is 10.8. The van der Waals surface area contributed by atoms with Crippen LogP contribution in [0.15, 0.2) is 54.6 Å². The molecule has 0 spiro atoms. The maximum absolute atomic E-state index is 13.1. The molecule has 1 aromatic heterocycles. The van der Waals surface area contributed by atoms with Gasteiger partial charge in [0.25, 0.3) is 0 Å². The molecule has 1 heterocycles. The Balaban J connectivity index is 1.73. The number of carbonyl (C=O) groups excluding carboxylic acids is 2. The zero-order chi connectivity index (χ0) is 25.0. The third-order valence-electron chi connectivity index (χ3n) is 5.13. The fraction of sp³-hybridized carbons (Fsp3) is 0.308. The van der Waals surface area contributed by atoms with E-state index in [0.29, 0.717) is 28.3 Å². The molecule has 34 heavy (non-hydrogen) atoms. The number of ketones is 1. The van der Waals surface area contributed by atoms with E-state index >= 15 is 0 Å². The average Bonchev–Trinajstić information content (AvgIpc) is 3.07. The number of Topliss-reactive ketones (excluding diaryl/α,β-unsaturated/α-hetero) is 1. The van der Waals surface area contributed by atoms with Gasteiger partial charge in [-0.3, -0.25) is 4.79 Å². The largest absolute Gasteiger partial charge is 0.491 e. The topological polar surface area (TPSA) is 66.8 Å². The molecule has 8 heteroatoms. The first kappa shape index (κ1) is 25.0. The quantitative estimate of drug-likeness (QED) is 0.287. The molecule has 2 aromatic carbocycles. The second kappa shape index (κ2) is 10.5. The van der Waals surface area contributed by atoms with Crippen molar-refractivity contribution in [2.45, 2.75) is 53.4 Å². The molecule has 0 radical (unpaired) electrons. The Morgan fingerprint density at radius 3 is 1.97 bits per heavy atom. The van der Waals surface area contributed by atoms with Crippen LogP contribution >= 0.6 is 0 Å². The molecule has 0 aliphatic carbocycles. The standard InChI is InChI=1S/C26H27F2NO5/c1-15(2)32-21-10-6-19(7-11-21)25(31)33-18(5)24(30)23-14-16(3)29(17(23)4)20-8-12-22(13-9-20)34-26(27)28/h6-15,18,26H,1-5H3. The molecule has 0 aliphatic heterocycles. The molecular formula is C26H27F2NO5. The minimum absolute atomic E-state index is 0.0124. The maximum Gasteiger partial charge on any atom is 0.387 e. The number of aromatic nitrogens is 1. The van der Waals surface area contributed by atoms with Gasteiger partial charge in [-0.1, -0.05) is 0 Å². The fourth-order valence-electron chi connectivity index (χ4n) is 3.63. The van der Waals surface area contributed by atoms with Crippen molar-refractivity contribution < 1.29 is 32.6 Å². The molecule has 0 fully saturated rings. The molecule has 0 saturated carbocycles. The molecule has 0 bridgehead atoms. The number of aryl methyl sites for hydroxylation is 1. The van der Waals surface area contributed by atoms with Crippen molar-refractivity contribution in [1.82, 2.24) is 4.57 Å². The van der Waals surface area contributed by atoms with E-state index in [0.717, 1.165) is 5.69 Å². The summed E-state index contributed by atoms with van der Waals surface area (Å²) in [4.78, 5) is 25.6. The summed E-state index contributed by atoms with van der Waals surface area (Å²) in [6, 6.07) is 14.4. The van der Waals surface area contributed by atoms with Gasteiger partial charge >= 0.3 is 12.6 Å². The summed E-state index contributed by atoms with van der Waals surface area (Å²) in [7, 11) is 0. The highest BCUT2D eigenvalue weighted by Crippen LogP contribution is 2.25. The van der Waals surface area contributed by atoms with Crippen LogP contribution in [0.5, 0.6) is 11.5 Å². The SMILES string of the molecule is Cc1cc(C(=O)C(C)OC(=O)c2ccc(OC(C)C)cc2)c(C)n1-c1ccc(OC(F)F)cc1. The molecular weight excluding hydrogens is 444 g/mol. The van der Waals surface area contributed by atoms with E-state index in [2.05, 4.69) is 4.74 Å². The molecule has 0 saturated heterocycles. The van der Waals surface area contributed by atoms with Gasteiger partial charge in [0.1, 0.15) is 11.5 Å². The summed E-state index contributed by atoms with van der Waals surface area (Å²) in [5.74, 6) is -0.274. The van der Waals surface area contributed by atoms with Gasteiger partial charge < -0.3 is 18.8 Å². The van der Waals surface area contributed by atoms with E-state index in [4.69, 9.17) is 9.47 Å². The van der Waals surface area contributed by atoms with Crippen LogP contribution in [-0.4, -0.2) is 35.1 Å². The third-order valence-corrected chi connectivity index (χ3v) is 5.13. The third kappa shape index (κ3) is 5.81. The number of carbonyl (C=O) groups is 2. The Morgan fingerprint density at radius 2 is 1.41 bits per heavy atom. The predicted molar refractivity (Wildman–Crippen MR) is 123 cm³/mol. The zero-order valence-electron chi connectivity index (χ0n) is 19.7. The number of ether oxygens (including phenoxy) is 3. The van der Waals surface area contributed by atoms with Gasteiger partial charge in [0.2, 0.25) is 5.78 Å². The lowest BCUT2D eigenvalue weighted by Gasteiger charge is -2.14. The van der Waals surface area contributed by atoms with Gasteiger partial charge in [0.05, 0.1) is 11.7 Å². The summed E-state index contributed by atoms with van der Waals surface area (Å²) >= 11 is 0. The van der Waals surface area contributed by atoms with Gasteiger partial charge in [-0.05, 0) is 89.2 Å². The summed E-state index contributed by atoms with van der Waals surface area (Å²) < 4.78 is 42.0. The zero-order valence-corrected chi connectivity index (χ0v) is 19.7. The Labute approximate surface area is 197 Å². The molecule has 0 aliphatic rings. The predicted octanol–water partition coefficient (Wildman–Crippen LogP) is 5.91. The van der Waals surface area contributed by atoms with Crippen molar-refractivity contribution in [1.29, 1.82) is 0 Å². The van der Waals surface area contributed by atoms with Gasteiger partial charge in [-0.15, -0.1) is 0 Å². The maximum atomic E-state index is 13.1. The first-order chi connectivity index (χ1) is 16.1. The van der Waals surface area contributed by atoms with Crippen molar-refractivity contribution in [2.75, 3.05) is 0 Å². The number of nitrogens with zero attached hydrogens (tertiary/aromatic N) is 1. The molecule has 0 N–H and O–H groups in total. The fourth-order valence-corrected chi connectivity index (χ4v) is 3.63. The molecule has 1 unspecified atom stereocenters. The van der Waals surface area contributed by atoms with Crippen LogP contribution in [0.1, 0.15) is 52.9 Å². The summed E-state index contributed by atoms with van der Waals surface area (Å²) in [6.07, 6.45) is -0.992. The van der Waals surface area contributed by atoms with E-state index in [9.17, 15) is 18.4 Å². The molecule has 180 valence electrons. The molecule has 3 aromatic rings. The van der Waals surface area contributed by atoms with Gasteiger partial charge in [0.15, 0.2) is 6.10 Å². The lowest BCUT2D eigenvalue weighted by atomic mass is 10.1. The lowest BCUT2D eigenvalue weighted by molar-refractivity contribution is -0.0498. The van der Waals surface area contributed by atoms with Crippen LogP contribution in [-0.2, 0) is 4.74 Å². The van der Waals surface area contributed by atoms with Crippen molar-refractivity contribution >= 4 is 11.8 Å². The van der Waals surface area contributed by atoms with E-state index in [1.54, 1.807) is 49.4 Å². The number of esters is 1. The van der Waals surface area contributed by atoms with Crippen molar-refractivity contribution in [3.8, 4) is 17.2 Å². The summed E-state index contributed by atoms with van der Waals surface area (Å²) in [6.45, 7) is 6.03. The van der Waals surface area contributed by atoms with E-state index in [1.165, 1.54) is 19.1 Å². The van der Waals surface area contributed by atoms with E-state index in [-0.39, 0.29) is 17.6 Å². The second-order valence-electron chi connectivity index (χ2n) is 8.10. The van der Waals surface area contributed by atoms with Gasteiger partial charge in [0, 0.05) is 22.6 Å². The minimum atomic E-state index is -2.90. The molecule has 6 nitrogen and oxygen atoms in total. The van der Waals surface area contributed by atoms with Crippen molar-refractivity contribution in [2.24, 2.45) is 0 Å². The Kier molecular flexibility index (Phi) is 7.71. The Morgan fingerprint density at radius 1 is 0.853 bits per heavy atom. The Bertz CT molecular complexity index is 1150. The summed E-state index contributed by atoms with van der Waals surface area (Å²) in [5.41, 5.74) is 2.81. The lowest BCUT2D eigenvalue weighted by Crippen LogP contribution is -2.25. The van der Waals surface area contributed by atoms with Crippen molar-refractivity contribution in [3.05, 3.63) is 77.1 Å². The first-order valence-electron chi connectivity index (χ1n) is 10.8. The van der Waals surface area contributed by atoms with Crippen LogP contribution in [0.4, 0.5) is 8.78 Å². The highest BCUT2D eigenvalue weighted by atomic mass is 19.3. The average molecular weight is 472 g/mol. The van der Waals surface area contributed by atoms with Crippen LogP contribution in [0.25, 0.3) is 5.69 Å². The van der Waals surface area contributed by atoms with Crippen LogP contribution in [0.3, 0.4) is 0 Å². The monoisotopic (exact) mass is 471 g/mol. The molecule has 3 rings (SSSR count). The number of halogens is 2. The number of rotatable bonds is 9. The van der Waals surface area contributed by atoms with Crippen LogP contribution < -0.4 is 9.47 Å². The van der Waals surface area contributed by atoms with E-state index in [1.807, 2.05) is 25.3 Å². The number of alkyl halides is 2. The normalized spacial score (nSPS) is 12.0. The summed E-state index contributed by atoms with van der Waals surface area (Å²) in [5, 5.41) is 0. The van der Waals surface area contributed by atoms with Crippen LogP contribution in [0.2, 0.25) is 0 Å². The second-order valence-corrected chi connectivity index (χ2v) is 8.10. The van der Waals surface area contributed by atoms with Crippen molar-refractivity contribution in [3.63, 3.8) is 0 Å². The number of benzene rings is 2. The number of hydrogen-bond donors (Lipinski definition) is 0. The van der Waals surface area contributed by atoms with Gasteiger partial charge in [-0.25, -0.2) is 4.79 Å². The Hall–Kier alpha value is -3.68. The smallest absolute Gasteiger partial charge is 0.387 e.